The number of carbonyl (C=O) groups excluding carboxylic acids is 1. The van der Waals surface area contributed by atoms with E-state index in [2.05, 4.69) is 0 Å². The number of ketones is 1. The standard InChI is InChI=1S/C17H17FO3/c1-4-21-17-6-5-12(9-16(17)11(2)19)13-7-14(18)10-15(8-13)20-3/h5-10H,4H2,1-3H3. The summed E-state index contributed by atoms with van der Waals surface area (Å²) in [6, 6.07) is 9.68. The summed E-state index contributed by atoms with van der Waals surface area (Å²) < 4.78 is 24.1. The van der Waals surface area contributed by atoms with Crippen molar-refractivity contribution < 1.29 is 18.7 Å². The molecule has 4 heteroatoms. The smallest absolute Gasteiger partial charge is 0.163 e. The molecule has 2 aromatic rings. The average Bonchev–Trinajstić information content (AvgIpc) is 2.47. The van der Waals surface area contributed by atoms with Gasteiger partial charge >= 0.3 is 0 Å². The van der Waals surface area contributed by atoms with E-state index in [0.29, 0.717) is 29.2 Å². The Bertz CT molecular complexity index is 665. The molecule has 0 spiro atoms. The molecular weight excluding hydrogens is 271 g/mol. The minimum atomic E-state index is -0.386. The minimum absolute atomic E-state index is 0.0938. The second-order valence-corrected chi connectivity index (χ2v) is 4.58. The number of ether oxygens (including phenoxy) is 2. The molecule has 0 atom stereocenters. The van der Waals surface area contributed by atoms with Gasteiger partial charge in [0, 0.05) is 6.07 Å². The van der Waals surface area contributed by atoms with Crippen molar-refractivity contribution in [1.82, 2.24) is 0 Å². The Labute approximate surface area is 123 Å². The molecule has 0 saturated carbocycles. The summed E-state index contributed by atoms with van der Waals surface area (Å²) in [5, 5.41) is 0. The number of methoxy groups -OCH3 is 1. The molecule has 0 amide bonds. The minimum Gasteiger partial charge on any atom is -0.497 e. The SMILES string of the molecule is CCOc1ccc(-c2cc(F)cc(OC)c2)cc1C(C)=O. The Hall–Kier alpha value is -2.36. The average molecular weight is 288 g/mol. The predicted molar refractivity (Wildman–Crippen MR) is 79.6 cm³/mol. The molecule has 0 bridgehead atoms. The normalized spacial score (nSPS) is 10.3. The summed E-state index contributed by atoms with van der Waals surface area (Å²) in [6.07, 6.45) is 0. The molecule has 3 nitrogen and oxygen atoms in total. The molecule has 2 aromatic carbocycles. The molecule has 21 heavy (non-hydrogen) atoms. The van der Waals surface area contributed by atoms with Gasteiger partial charge in [0.2, 0.25) is 0 Å². The van der Waals surface area contributed by atoms with Crippen molar-refractivity contribution in [2.45, 2.75) is 13.8 Å². The molecule has 0 fully saturated rings. The van der Waals surface area contributed by atoms with Crippen LogP contribution in [0.25, 0.3) is 11.1 Å². The van der Waals surface area contributed by atoms with Crippen LogP contribution in [0.4, 0.5) is 4.39 Å². The van der Waals surface area contributed by atoms with E-state index < -0.39 is 0 Å². The lowest BCUT2D eigenvalue weighted by Crippen LogP contribution is -2.01. The Kier molecular flexibility index (Phi) is 4.58. The molecule has 0 aliphatic rings. The van der Waals surface area contributed by atoms with Gasteiger partial charge in [0.05, 0.1) is 19.3 Å². The third-order valence-electron chi connectivity index (χ3n) is 3.10. The van der Waals surface area contributed by atoms with Crippen LogP contribution in [0.2, 0.25) is 0 Å². The van der Waals surface area contributed by atoms with Gasteiger partial charge in [-0.2, -0.15) is 0 Å². The molecular formula is C17H17FO3. The van der Waals surface area contributed by atoms with E-state index in [0.717, 1.165) is 5.56 Å². The number of rotatable bonds is 5. The second kappa shape index (κ2) is 6.39. The monoisotopic (exact) mass is 288 g/mol. The van der Waals surface area contributed by atoms with Crippen molar-refractivity contribution in [1.29, 1.82) is 0 Å². The molecule has 0 aliphatic carbocycles. The fourth-order valence-corrected chi connectivity index (χ4v) is 2.11. The van der Waals surface area contributed by atoms with Crippen LogP contribution in [0.15, 0.2) is 36.4 Å². The van der Waals surface area contributed by atoms with Crippen LogP contribution in [0.3, 0.4) is 0 Å². The molecule has 0 saturated heterocycles. The van der Waals surface area contributed by atoms with Gasteiger partial charge < -0.3 is 9.47 Å². The zero-order chi connectivity index (χ0) is 15.4. The van der Waals surface area contributed by atoms with Gasteiger partial charge in [-0.05, 0) is 49.2 Å². The predicted octanol–water partition coefficient (Wildman–Crippen LogP) is 4.10. The topological polar surface area (TPSA) is 35.5 Å². The zero-order valence-corrected chi connectivity index (χ0v) is 12.3. The third-order valence-corrected chi connectivity index (χ3v) is 3.10. The van der Waals surface area contributed by atoms with Crippen LogP contribution < -0.4 is 9.47 Å². The molecule has 0 aromatic heterocycles. The summed E-state index contributed by atoms with van der Waals surface area (Å²) in [5.74, 6) is 0.492. The molecule has 0 N–H and O–H groups in total. The molecule has 0 unspecified atom stereocenters. The van der Waals surface area contributed by atoms with Gasteiger partial charge in [0.25, 0.3) is 0 Å². The first-order valence-electron chi connectivity index (χ1n) is 6.68. The fourth-order valence-electron chi connectivity index (χ4n) is 2.11. The van der Waals surface area contributed by atoms with Crippen LogP contribution in [0.1, 0.15) is 24.2 Å². The lowest BCUT2D eigenvalue weighted by Gasteiger charge is -2.11. The first-order chi connectivity index (χ1) is 10.0. The summed E-state index contributed by atoms with van der Waals surface area (Å²) in [5.41, 5.74) is 1.87. The van der Waals surface area contributed by atoms with Crippen LogP contribution in [-0.2, 0) is 0 Å². The van der Waals surface area contributed by atoms with Crippen molar-refractivity contribution in [3.63, 3.8) is 0 Å². The molecule has 110 valence electrons. The summed E-state index contributed by atoms with van der Waals surface area (Å²) in [6.45, 7) is 3.82. The van der Waals surface area contributed by atoms with Crippen LogP contribution in [-0.4, -0.2) is 19.5 Å². The Balaban J connectivity index is 2.52. The van der Waals surface area contributed by atoms with Crippen LogP contribution in [0.5, 0.6) is 11.5 Å². The third kappa shape index (κ3) is 3.40. The maximum Gasteiger partial charge on any atom is 0.163 e. The lowest BCUT2D eigenvalue weighted by molar-refractivity contribution is 0.101. The Morgan fingerprint density at radius 1 is 1.14 bits per heavy atom. The van der Waals surface area contributed by atoms with Gasteiger partial charge in [-0.3, -0.25) is 4.79 Å². The van der Waals surface area contributed by atoms with Gasteiger partial charge in [-0.1, -0.05) is 6.07 Å². The van der Waals surface area contributed by atoms with Crippen LogP contribution in [0, 0.1) is 5.82 Å². The highest BCUT2D eigenvalue weighted by atomic mass is 19.1. The Morgan fingerprint density at radius 2 is 1.90 bits per heavy atom. The quantitative estimate of drug-likeness (QED) is 0.777. The van der Waals surface area contributed by atoms with Crippen molar-refractivity contribution in [2.75, 3.05) is 13.7 Å². The number of carbonyl (C=O) groups is 1. The number of hydrogen-bond donors (Lipinski definition) is 0. The second-order valence-electron chi connectivity index (χ2n) is 4.58. The zero-order valence-electron chi connectivity index (χ0n) is 12.3. The number of halogens is 1. The van der Waals surface area contributed by atoms with Gasteiger partial charge in [-0.25, -0.2) is 4.39 Å². The maximum atomic E-state index is 13.6. The summed E-state index contributed by atoms with van der Waals surface area (Å²) in [7, 11) is 1.48. The highest BCUT2D eigenvalue weighted by Crippen LogP contribution is 2.30. The maximum absolute atomic E-state index is 13.6. The van der Waals surface area contributed by atoms with E-state index in [4.69, 9.17) is 9.47 Å². The van der Waals surface area contributed by atoms with Gasteiger partial charge in [-0.15, -0.1) is 0 Å². The number of benzene rings is 2. The molecule has 0 heterocycles. The van der Waals surface area contributed by atoms with E-state index in [1.165, 1.54) is 26.2 Å². The number of Topliss-reactive ketones (excluding diaryl/α,β-unsaturated/α-hetero) is 1. The summed E-state index contributed by atoms with van der Waals surface area (Å²) in [4.78, 5) is 11.7. The van der Waals surface area contributed by atoms with E-state index >= 15 is 0 Å². The molecule has 2 rings (SSSR count). The van der Waals surface area contributed by atoms with E-state index in [9.17, 15) is 9.18 Å². The van der Waals surface area contributed by atoms with Gasteiger partial charge in [0.15, 0.2) is 5.78 Å². The highest BCUT2D eigenvalue weighted by Gasteiger charge is 2.11. The largest absolute Gasteiger partial charge is 0.497 e. The van der Waals surface area contributed by atoms with Crippen molar-refractivity contribution in [3.05, 3.63) is 47.8 Å². The Morgan fingerprint density at radius 3 is 2.52 bits per heavy atom. The molecule has 0 aliphatic heterocycles. The van der Waals surface area contributed by atoms with Crippen LogP contribution >= 0.6 is 0 Å². The first kappa shape index (κ1) is 15.0. The lowest BCUT2D eigenvalue weighted by atomic mass is 10.0. The van der Waals surface area contributed by atoms with E-state index in [-0.39, 0.29) is 11.6 Å². The number of hydrogen-bond acceptors (Lipinski definition) is 3. The van der Waals surface area contributed by atoms with Crippen molar-refractivity contribution in [2.24, 2.45) is 0 Å². The van der Waals surface area contributed by atoms with E-state index in [1.807, 2.05) is 6.92 Å². The van der Waals surface area contributed by atoms with Crippen molar-refractivity contribution >= 4 is 5.78 Å². The first-order valence-corrected chi connectivity index (χ1v) is 6.68. The van der Waals surface area contributed by atoms with E-state index in [1.54, 1.807) is 24.3 Å². The highest BCUT2D eigenvalue weighted by molar-refractivity contribution is 5.98. The summed E-state index contributed by atoms with van der Waals surface area (Å²) >= 11 is 0. The molecule has 0 radical (unpaired) electrons. The van der Waals surface area contributed by atoms with Gasteiger partial charge in [0.1, 0.15) is 17.3 Å². The fraction of sp³-hybridized carbons (Fsp3) is 0.235. The van der Waals surface area contributed by atoms with Crippen molar-refractivity contribution in [3.8, 4) is 22.6 Å².